The number of carbonyl (C=O) groups is 2. The molecule has 46 heavy (non-hydrogen) atoms. The van der Waals surface area contributed by atoms with Crippen LogP contribution in [0, 0.1) is 5.92 Å². The zero-order valence-corrected chi connectivity index (χ0v) is 25.1. The topological polar surface area (TPSA) is 95.1 Å². The second-order valence-corrected chi connectivity index (χ2v) is 11.4. The Morgan fingerprint density at radius 3 is 1.65 bits per heavy atom. The molecule has 2 amide bonds. The molecule has 1 saturated carbocycles. The summed E-state index contributed by atoms with van der Waals surface area (Å²) in [6.07, 6.45) is 3.69. The van der Waals surface area contributed by atoms with E-state index in [1.165, 1.54) is 12.1 Å². The van der Waals surface area contributed by atoms with Crippen molar-refractivity contribution in [2.24, 2.45) is 5.92 Å². The number of carbonyl (C=O) groups excluding carboxylic acids is 2. The molecule has 3 fully saturated rings. The summed E-state index contributed by atoms with van der Waals surface area (Å²) in [5, 5.41) is 5.53. The Morgan fingerprint density at radius 1 is 0.674 bits per heavy atom. The predicted octanol–water partition coefficient (Wildman–Crippen LogP) is 6.19. The van der Waals surface area contributed by atoms with E-state index in [4.69, 9.17) is 9.47 Å². The van der Waals surface area contributed by atoms with Gasteiger partial charge in [-0.05, 0) is 59.7 Å². The highest BCUT2D eigenvalue weighted by Gasteiger charge is 2.27. The van der Waals surface area contributed by atoms with E-state index in [2.05, 4.69) is 20.1 Å². The summed E-state index contributed by atoms with van der Waals surface area (Å²) in [6.45, 7) is -3.83. The molecule has 2 aliphatic heterocycles. The van der Waals surface area contributed by atoms with E-state index < -0.39 is 13.2 Å². The van der Waals surface area contributed by atoms with Crippen LogP contribution < -0.4 is 29.6 Å². The number of hydrogen-bond donors (Lipinski definition) is 2. The Balaban J connectivity index is 0.000000184. The average molecular weight is 645 g/mol. The molecule has 0 aromatic heterocycles. The Bertz CT molecular complexity index is 1470. The normalized spacial score (nSPS) is 18.9. The highest BCUT2D eigenvalue weighted by molar-refractivity contribution is 5.80. The molecule has 1 aliphatic carbocycles. The maximum atomic E-state index is 12.6. The molecule has 2 heterocycles. The van der Waals surface area contributed by atoms with Gasteiger partial charge in [-0.3, -0.25) is 9.59 Å². The van der Waals surface area contributed by atoms with Crippen molar-refractivity contribution in [2.45, 2.75) is 57.2 Å². The van der Waals surface area contributed by atoms with Crippen LogP contribution in [0.25, 0.3) is 0 Å². The van der Waals surface area contributed by atoms with E-state index in [1.807, 2.05) is 30.3 Å². The van der Waals surface area contributed by atoms with E-state index >= 15 is 0 Å². The number of amides is 2. The molecule has 0 bridgehead atoms. The standard InChI is InChI=1S/C19H19F2NO3.C15H17F2NO3/c20-19(21)25-16-7-6-14(15-11-18(23)22-12-15)10-17(16)24-9-8-13-4-2-1-3-5-13;16-15(17)21-12-4-3-10(11-6-14(19)18-7-11)5-13(12)20-8-9-1-2-9/h1-7,10,15,19H,8-9,11-12H2,(H,22,23);3-5,9,11,15H,1-2,6-8H2,(H,18,19). The third kappa shape index (κ3) is 9.76. The van der Waals surface area contributed by atoms with E-state index in [9.17, 15) is 27.2 Å². The monoisotopic (exact) mass is 644 g/mol. The summed E-state index contributed by atoms with van der Waals surface area (Å²) in [5.41, 5.74) is 2.87. The van der Waals surface area contributed by atoms with Gasteiger partial charge in [-0.2, -0.15) is 17.6 Å². The summed E-state index contributed by atoms with van der Waals surface area (Å²) >= 11 is 0. The number of halogens is 4. The van der Waals surface area contributed by atoms with Crippen LogP contribution in [0.3, 0.4) is 0 Å². The van der Waals surface area contributed by atoms with E-state index in [1.54, 1.807) is 24.3 Å². The second kappa shape index (κ2) is 15.7. The summed E-state index contributed by atoms with van der Waals surface area (Å²) in [4.78, 5) is 22.7. The molecule has 2 unspecified atom stereocenters. The van der Waals surface area contributed by atoms with Crippen molar-refractivity contribution < 1.29 is 46.1 Å². The minimum absolute atomic E-state index is 0.00379. The number of rotatable bonds is 13. The predicted molar refractivity (Wildman–Crippen MR) is 161 cm³/mol. The maximum absolute atomic E-state index is 12.6. The van der Waals surface area contributed by atoms with Crippen molar-refractivity contribution in [2.75, 3.05) is 26.3 Å². The number of ether oxygens (including phenoxy) is 4. The van der Waals surface area contributed by atoms with Crippen molar-refractivity contribution in [1.29, 1.82) is 0 Å². The molecule has 246 valence electrons. The van der Waals surface area contributed by atoms with Crippen molar-refractivity contribution in [1.82, 2.24) is 10.6 Å². The number of benzene rings is 3. The molecular formula is C34H36F4N2O6. The number of nitrogens with one attached hydrogen (secondary N) is 2. The first kappa shape index (κ1) is 32.9. The summed E-state index contributed by atoms with van der Waals surface area (Å²) in [7, 11) is 0. The van der Waals surface area contributed by atoms with Crippen molar-refractivity contribution >= 4 is 11.8 Å². The quantitative estimate of drug-likeness (QED) is 0.216. The Morgan fingerprint density at radius 2 is 1.20 bits per heavy atom. The van der Waals surface area contributed by atoms with Gasteiger partial charge in [-0.15, -0.1) is 0 Å². The zero-order valence-electron chi connectivity index (χ0n) is 25.1. The van der Waals surface area contributed by atoms with Gasteiger partial charge in [0.1, 0.15) is 0 Å². The number of alkyl halides is 4. The van der Waals surface area contributed by atoms with Crippen LogP contribution in [0.4, 0.5) is 17.6 Å². The van der Waals surface area contributed by atoms with Gasteiger partial charge in [0.05, 0.1) is 13.2 Å². The third-order valence-corrected chi connectivity index (χ3v) is 7.93. The molecule has 2 N–H and O–H groups in total. The van der Waals surface area contributed by atoms with Crippen molar-refractivity contribution in [3.63, 3.8) is 0 Å². The molecule has 6 rings (SSSR count). The molecule has 3 aromatic carbocycles. The molecular weight excluding hydrogens is 608 g/mol. The van der Waals surface area contributed by atoms with E-state index in [0.717, 1.165) is 29.5 Å². The van der Waals surface area contributed by atoms with Crippen molar-refractivity contribution in [3.05, 3.63) is 83.4 Å². The third-order valence-electron chi connectivity index (χ3n) is 7.93. The summed E-state index contributed by atoms with van der Waals surface area (Å²) in [5.74, 6) is 1.24. The average Bonchev–Trinajstić information content (AvgIpc) is 3.60. The maximum Gasteiger partial charge on any atom is 0.387 e. The fourth-order valence-corrected chi connectivity index (χ4v) is 5.27. The lowest BCUT2D eigenvalue weighted by molar-refractivity contribution is -0.120. The van der Waals surface area contributed by atoms with E-state index in [0.29, 0.717) is 57.2 Å². The van der Waals surface area contributed by atoms with Crippen LogP contribution in [0.2, 0.25) is 0 Å². The lowest BCUT2D eigenvalue weighted by atomic mass is 9.98. The first-order chi connectivity index (χ1) is 22.2. The van der Waals surface area contributed by atoms with Gasteiger partial charge in [-0.1, -0.05) is 42.5 Å². The lowest BCUT2D eigenvalue weighted by Gasteiger charge is -2.15. The molecule has 8 nitrogen and oxygen atoms in total. The smallest absolute Gasteiger partial charge is 0.387 e. The fraction of sp³-hybridized carbons (Fsp3) is 0.412. The Hall–Kier alpha value is -4.48. The fourth-order valence-electron chi connectivity index (χ4n) is 5.27. The van der Waals surface area contributed by atoms with Crippen molar-refractivity contribution in [3.8, 4) is 23.0 Å². The van der Waals surface area contributed by atoms with Gasteiger partial charge >= 0.3 is 13.2 Å². The van der Waals surface area contributed by atoms with Crippen LogP contribution >= 0.6 is 0 Å². The van der Waals surface area contributed by atoms with Crippen LogP contribution in [0.5, 0.6) is 23.0 Å². The number of hydrogen-bond acceptors (Lipinski definition) is 6. The summed E-state index contributed by atoms with van der Waals surface area (Å²) in [6, 6.07) is 19.5. The first-order valence-electron chi connectivity index (χ1n) is 15.2. The van der Waals surface area contributed by atoms with Gasteiger partial charge in [0.25, 0.3) is 0 Å². The molecule has 3 aliphatic rings. The van der Waals surface area contributed by atoms with Crippen LogP contribution in [0.1, 0.15) is 54.2 Å². The van der Waals surface area contributed by atoms with Crippen LogP contribution in [-0.4, -0.2) is 51.3 Å². The molecule has 12 heteroatoms. The highest BCUT2D eigenvalue weighted by Crippen LogP contribution is 2.37. The SMILES string of the molecule is O=C1CC(c2ccc(OC(F)F)c(OCC3CC3)c2)CN1.O=C1CC(c2ccc(OC(F)F)c(OCCc3ccccc3)c2)CN1. The lowest BCUT2D eigenvalue weighted by Crippen LogP contribution is -2.13. The Kier molecular flexibility index (Phi) is 11.2. The second-order valence-electron chi connectivity index (χ2n) is 11.4. The molecule has 0 radical (unpaired) electrons. The van der Waals surface area contributed by atoms with Gasteiger partial charge in [0.2, 0.25) is 11.8 Å². The minimum atomic E-state index is -2.92. The zero-order chi connectivity index (χ0) is 32.5. The Labute approximate surface area is 264 Å². The largest absolute Gasteiger partial charge is 0.489 e. The molecule has 0 spiro atoms. The van der Waals surface area contributed by atoms with Gasteiger partial charge in [0, 0.05) is 44.2 Å². The highest BCUT2D eigenvalue weighted by atomic mass is 19.3. The summed E-state index contributed by atoms with van der Waals surface area (Å²) < 4.78 is 70.5. The van der Waals surface area contributed by atoms with Crippen LogP contribution in [-0.2, 0) is 16.0 Å². The van der Waals surface area contributed by atoms with E-state index in [-0.39, 0.29) is 40.9 Å². The van der Waals surface area contributed by atoms with Gasteiger partial charge < -0.3 is 29.6 Å². The minimum Gasteiger partial charge on any atom is -0.489 e. The molecule has 2 atom stereocenters. The van der Waals surface area contributed by atoms with Crippen LogP contribution in [0.15, 0.2) is 66.7 Å². The molecule has 3 aromatic rings. The first-order valence-corrected chi connectivity index (χ1v) is 15.2. The van der Waals surface area contributed by atoms with Gasteiger partial charge in [0.15, 0.2) is 23.0 Å². The van der Waals surface area contributed by atoms with Gasteiger partial charge in [-0.25, -0.2) is 0 Å². The molecule has 2 saturated heterocycles.